The number of hydrogen-bond donors (Lipinski definition) is 2. The number of amides is 1. The normalized spacial score (nSPS) is 10.9. The number of nitrogens with zero attached hydrogens (tertiary/aromatic N) is 4. The Morgan fingerprint density at radius 1 is 1.32 bits per heavy atom. The zero-order valence-electron chi connectivity index (χ0n) is 13.0. The summed E-state index contributed by atoms with van der Waals surface area (Å²) in [5.74, 6) is -0.138. The van der Waals surface area contributed by atoms with Crippen LogP contribution in [0.3, 0.4) is 0 Å². The third-order valence-electron chi connectivity index (χ3n) is 3.49. The molecule has 0 saturated carbocycles. The second kappa shape index (κ2) is 7.56. The van der Waals surface area contributed by atoms with Crippen molar-refractivity contribution in [3.05, 3.63) is 36.4 Å². The van der Waals surface area contributed by atoms with Gasteiger partial charge in [-0.25, -0.2) is 9.67 Å². The van der Waals surface area contributed by atoms with Crippen molar-refractivity contribution in [2.45, 2.75) is 13.8 Å². The van der Waals surface area contributed by atoms with Gasteiger partial charge in [-0.1, -0.05) is 13.8 Å². The molecule has 1 aromatic carbocycles. The number of benzene rings is 1. The van der Waals surface area contributed by atoms with E-state index in [0.29, 0.717) is 23.5 Å². The number of hydrogen-bond acceptors (Lipinski definition) is 5. The second-order valence-electron chi connectivity index (χ2n) is 4.94. The van der Waals surface area contributed by atoms with Gasteiger partial charge in [0.25, 0.3) is 5.91 Å². The minimum atomic E-state index is -0.138. The Morgan fingerprint density at radius 3 is 2.73 bits per heavy atom. The predicted molar refractivity (Wildman–Crippen MR) is 85.9 cm³/mol. The summed E-state index contributed by atoms with van der Waals surface area (Å²) in [6.07, 6.45) is 3.00. The molecule has 0 fully saturated rings. The molecule has 7 nitrogen and oxygen atoms in total. The van der Waals surface area contributed by atoms with Crippen molar-refractivity contribution in [2.75, 3.05) is 31.9 Å². The fourth-order valence-corrected chi connectivity index (χ4v) is 2.21. The maximum atomic E-state index is 12.2. The fourth-order valence-electron chi connectivity index (χ4n) is 2.21. The van der Waals surface area contributed by atoms with Crippen LogP contribution in [0.2, 0.25) is 0 Å². The number of nitrogens with two attached hydrogens (primary N) is 1. The molecule has 0 aliphatic carbocycles. The van der Waals surface area contributed by atoms with Gasteiger partial charge in [0, 0.05) is 24.3 Å². The van der Waals surface area contributed by atoms with Crippen LogP contribution in [0.4, 0.5) is 5.69 Å². The molecule has 0 spiro atoms. The fraction of sp³-hybridized carbons (Fsp3) is 0.400. The van der Waals surface area contributed by atoms with E-state index in [2.05, 4.69) is 34.1 Å². The number of aromatic nitrogens is 3. The second-order valence-corrected chi connectivity index (χ2v) is 4.94. The van der Waals surface area contributed by atoms with Gasteiger partial charge in [-0.15, -0.1) is 0 Å². The summed E-state index contributed by atoms with van der Waals surface area (Å²) in [4.78, 5) is 18.4. The molecule has 3 N–H and O–H groups in total. The maximum absolute atomic E-state index is 12.2. The van der Waals surface area contributed by atoms with Crippen molar-refractivity contribution in [1.82, 2.24) is 25.0 Å². The monoisotopic (exact) mass is 302 g/mol. The van der Waals surface area contributed by atoms with Crippen molar-refractivity contribution in [2.24, 2.45) is 0 Å². The van der Waals surface area contributed by atoms with Crippen LogP contribution in [0.5, 0.6) is 0 Å². The molecule has 2 aromatic rings. The van der Waals surface area contributed by atoms with E-state index in [-0.39, 0.29) is 5.91 Å². The van der Waals surface area contributed by atoms with Gasteiger partial charge in [-0.05, 0) is 31.3 Å². The molecule has 1 amide bonds. The SMILES string of the molecule is CCN(CC)CCNC(=O)c1cc(N)cc(-n2cncn2)c1. The highest BCUT2D eigenvalue weighted by molar-refractivity contribution is 5.95. The van der Waals surface area contributed by atoms with E-state index in [1.807, 2.05) is 0 Å². The Labute approximate surface area is 130 Å². The molecule has 0 atom stereocenters. The van der Waals surface area contributed by atoms with Crippen molar-refractivity contribution in [3.8, 4) is 5.69 Å². The lowest BCUT2D eigenvalue weighted by Gasteiger charge is -2.18. The Bertz CT molecular complexity index is 607. The first-order chi connectivity index (χ1) is 10.6. The van der Waals surface area contributed by atoms with Crippen LogP contribution in [0.1, 0.15) is 24.2 Å². The number of anilines is 1. The van der Waals surface area contributed by atoms with Crippen LogP contribution in [0.25, 0.3) is 5.69 Å². The third kappa shape index (κ3) is 4.05. The number of nitrogens with one attached hydrogen (secondary N) is 1. The van der Waals surface area contributed by atoms with E-state index in [9.17, 15) is 4.79 Å². The molecule has 22 heavy (non-hydrogen) atoms. The number of carbonyl (C=O) groups is 1. The van der Waals surface area contributed by atoms with Crippen LogP contribution in [-0.2, 0) is 0 Å². The molecule has 1 aromatic heterocycles. The first kappa shape index (κ1) is 16.0. The molecule has 0 radical (unpaired) electrons. The molecule has 0 bridgehead atoms. The van der Waals surface area contributed by atoms with E-state index in [1.54, 1.807) is 29.2 Å². The maximum Gasteiger partial charge on any atom is 0.251 e. The van der Waals surface area contributed by atoms with Crippen molar-refractivity contribution >= 4 is 11.6 Å². The minimum Gasteiger partial charge on any atom is -0.399 e. The lowest BCUT2D eigenvalue weighted by molar-refractivity contribution is 0.0949. The predicted octanol–water partition coefficient (Wildman–Crippen LogP) is 0.921. The van der Waals surface area contributed by atoms with Crippen LogP contribution < -0.4 is 11.1 Å². The Hall–Kier alpha value is -2.41. The lowest BCUT2D eigenvalue weighted by atomic mass is 10.1. The number of nitrogen functional groups attached to an aromatic ring is 1. The summed E-state index contributed by atoms with van der Waals surface area (Å²) in [7, 11) is 0. The molecule has 0 unspecified atom stereocenters. The first-order valence-corrected chi connectivity index (χ1v) is 7.40. The average molecular weight is 302 g/mol. The third-order valence-corrected chi connectivity index (χ3v) is 3.49. The van der Waals surface area contributed by atoms with Gasteiger partial charge in [0.1, 0.15) is 12.7 Å². The summed E-state index contributed by atoms with van der Waals surface area (Å²) in [5, 5.41) is 6.96. The number of rotatable bonds is 7. The topological polar surface area (TPSA) is 89.1 Å². The highest BCUT2D eigenvalue weighted by Crippen LogP contribution is 2.15. The van der Waals surface area contributed by atoms with Crippen LogP contribution in [-0.4, -0.2) is 51.8 Å². The van der Waals surface area contributed by atoms with Gasteiger partial charge in [0.2, 0.25) is 0 Å². The average Bonchev–Trinajstić information content (AvgIpc) is 3.05. The summed E-state index contributed by atoms with van der Waals surface area (Å²) in [6, 6.07) is 5.16. The van der Waals surface area contributed by atoms with E-state index in [4.69, 9.17) is 5.73 Å². The Morgan fingerprint density at radius 2 is 2.09 bits per heavy atom. The molecule has 2 rings (SSSR count). The molecule has 1 heterocycles. The number of carbonyl (C=O) groups excluding carboxylic acids is 1. The van der Waals surface area contributed by atoms with Gasteiger partial charge in [0.15, 0.2) is 0 Å². The van der Waals surface area contributed by atoms with E-state index in [1.165, 1.54) is 6.33 Å². The summed E-state index contributed by atoms with van der Waals surface area (Å²) in [5.41, 5.74) is 7.62. The summed E-state index contributed by atoms with van der Waals surface area (Å²) in [6.45, 7) is 7.59. The van der Waals surface area contributed by atoms with E-state index in [0.717, 1.165) is 19.6 Å². The molecule has 0 saturated heterocycles. The highest BCUT2D eigenvalue weighted by Gasteiger charge is 2.09. The Balaban J connectivity index is 2.04. The zero-order chi connectivity index (χ0) is 15.9. The smallest absolute Gasteiger partial charge is 0.251 e. The minimum absolute atomic E-state index is 0.138. The molecule has 0 aliphatic heterocycles. The Kier molecular flexibility index (Phi) is 5.48. The highest BCUT2D eigenvalue weighted by atomic mass is 16.1. The van der Waals surface area contributed by atoms with E-state index < -0.39 is 0 Å². The molecular formula is C15H22N6O. The summed E-state index contributed by atoms with van der Waals surface area (Å²) < 4.78 is 1.57. The largest absolute Gasteiger partial charge is 0.399 e. The molecule has 7 heteroatoms. The standard InChI is InChI=1S/C15H22N6O/c1-3-20(4-2)6-5-18-15(22)12-7-13(16)9-14(8-12)21-11-17-10-19-21/h7-11H,3-6,16H2,1-2H3,(H,18,22). The van der Waals surface area contributed by atoms with Gasteiger partial charge >= 0.3 is 0 Å². The quantitative estimate of drug-likeness (QED) is 0.742. The van der Waals surface area contributed by atoms with Crippen LogP contribution in [0.15, 0.2) is 30.9 Å². The van der Waals surface area contributed by atoms with Gasteiger partial charge in [-0.3, -0.25) is 4.79 Å². The first-order valence-electron chi connectivity index (χ1n) is 7.40. The van der Waals surface area contributed by atoms with Crippen molar-refractivity contribution in [3.63, 3.8) is 0 Å². The summed E-state index contributed by atoms with van der Waals surface area (Å²) >= 11 is 0. The van der Waals surface area contributed by atoms with Gasteiger partial charge < -0.3 is 16.0 Å². The van der Waals surface area contributed by atoms with Gasteiger partial charge in [-0.2, -0.15) is 5.10 Å². The van der Waals surface area contributed by atoms with Crippen LogP contribution >= 0.6 is 0 Å². The molecule has 0 aliphatic rings. The molecular weight excluding hydrogens is 280 g/mol. The van der Waals surface area contributed by atoms with Crippen molar-refractivity contribution in [1.29, 1.82) is 0 Å². The zero-order valence-corrected chi connectivity index (χ0v) is 13.0. The van der Waals surface area contributed by atoms with Gasteiger partial charge in [0.05, 0.1) is 5.69 Å². The van der Waals surface area contributed by atoms with E-state index >= 15 is 0 Å². The lowest BCUT2D eigenvalue weighted by Crippen LogP contribution is -2.34. The van der Waals surface area contributed by atoms with Crippen LogP contribution in [0, 0.1) is 0 Å². The van der Waals surface area contributed by atoms with Crippen molar-refractivity contribution < 1.29 is 4.79 Å². The number of likely N-dealkylation sites (N-methyl/N-ethyl adjacent to an activating group) is 1. The molecule has 118 valence electrons.